The number of pyridine rings is 2. The minimum atomic E-state index is -0.197. The lowest BCUT2D eigenvalue weighted by atomic mass is 10.1. The second-order valence-electron chi connectivity index (χ2n) is 8.25. The van der Waals surface area contributed by atoms with Gasteiger partial charge in [0, 0.05) is 58.0 Å². The van der Waals surface area contributed by atoms with Crippen LogP contribution in [0.4, 0.5) is 28.4 Å². The van der Waals surface area contributed by atoms with Gasteiger partial charge in [0.25, 0.3) is 5.91 Å². The maximum atomic E-state index is 13.1. The number of aryl methyl sites for hydroxylation is 1. The molecule has 0 aliphatic heterocycles. The first kappa shape index (κ1) is 22.6. The molecule has 0 aliphatic rings. The van der Waals surface area contributed by atoms with Gasteiger partial charge in [-0.1, -0.05) is 6.07 Å². The number of rotatable bonds is 6. The molecule has 3 aromatic carbocycles. The fourth-order valence-corrected chi connectivity index (χ4v) is 3.86. The van der Waals surface area contributed by atoms with Gasteiger partial charge in [-0.25, -0.2) is 0 Å². The number of amides is 1. The molecule has 0 unspecified atom stereocenters. The molecule has 36 heavy (non-hydrogen) atoms. The number of hydrogen-bond acceptors (Lipinski definition) is 6. The van der Waals surface area contributed by atoms with Crippen LogP contribution in [0.5, 0.6) is 0 Å². The maximum absolute atomic E-state index is 13.1. The predicted molar refractivity (Wildman–Crippen MR) is 143 cm³/mol. The zero-order chi connectivity index (χ0) is 24.9. The standard InChI is InChI=1S/C29H22N6O/c1-19-2-4-24(34-28-12-15-32-27-9-3-20(18-30)16-26(27)28)17-25(19)29(36)35-22-7-5-21(6-8-22)33-23-10-13-31-14-11-23/h2-17H,1H3,(H,31,33)(H,32,34)(H,35,36). The summed E-state index contributed by atoms with van der Waals surface area (Å²) in [6.07, 6.45) is 5.16. The van der Waals surface area contributed by atoms with E-state index in [9.17, 15) is 10.1 Å². The van der Waals surface area contributed by atoms with Crippen molar-refractivity contribution in [3.8, 4) is 6.07 Å². The van der Waals surface area contributed by atoms with E-state index in [4.69, 9.17) is 0 Å². The number of benzene rings is 3. The van der Waals surface area contributed by atoms with Crippen molar-refractivity contribution >= 4 is 45.2 Å². The Morgan fingerprint density at radius 3 is 2.28 bits per heavy atom. The molecule has 0 saturated heterocycles. The van der Waals surface area contributed by atoms with Crippen LogP contribution in [0.2, 0.25) is 0 Å². The number of nitrogens with zero attached hydrogens (tertiary/aromatic N) is 3. The van der Waals surface area contributed by atoms with Crippen LogP contribution < -0.4 is 16.0 Å². The number of carbonyl (C=O) groups is 1. The number of anilines is 5. The van der Waals surface area contributed by atoms with E-state index in [1.165, 1.54) is 0 Å². The fraction of sp³-hybridized carbons (Fsp3) is 0.0345. The highest BCUT2D eigenvalue weighted by Crippen LogP contribution is 2.27. The number of aromatic nitrogens is 2. The second kappa shape index (κ2) is 9.95. The van der Waals surface area contributed by atoms with Gasteiger partial charge < -0.3 is 16.0 Å². The number of hydrogen-bond donors (Lipinski definition) is 3. The van der Waals surface area contributed by atoms with E-state index in [1.807, 2.05) is 73.7 Å². The fourth-order valence-electron chi connectivity index (χ4n) is 3.86. The Morgan fingerprint density at radius 1 is 0.778 bits per heavy atom. The topological polar surface area (TPSA) is 103 Å². The van der Waals surface area contributed by atoms with Crippen LogP contribution in [0.25, 0.3) is 10.9 Å². The average Bonchev–Trinajstić information content (AvgIpc) is 2.91. The van der Waals surface area contributed by atoms with Gasteiger partial charge in [0.2, 0.25) is 0 Å². The normalized spacial score (nSPS) is 10.4. The van der Waals surface area contributed by atoms with Crippen LogP contribution in [0.1, 0.15) is 21.5 Å². The number of carbonyl (C=O) groups excluding carboxylic acids is 1. The molecule has 0 bridgehead atoms. The van der Waals surface area contributed by atoms with Gasteiger partial charge in [-0.05, 0) is 85.3 Å². The van der Waals surface area contributed by atoms with Crippen LogP contribution >= 0.6 is 0 Å². The molecule has 5 aromatic rings. The van der Waals surface area contributed by atoms with Crippen molar-refractivity contribution in [2.24, 2.45) is 0 Å². The summed E-state index contributed by atoms with van der Waals surface area (Å²) in [5.74, 6) is -0.197. The summed E-state index contributed by atoms with van der Waals surface area (Å²) in [5, 5.41) is 19.7. The molecule has 174 valence electrons. The average molecular weight is 471 g/mol. The zero-order valence-electron chi connectivity index (χ0n) is 19.5. The van der Waals surface area contributed by atoms with Crippen LogP contribution in [0, 0.1) is 18.3 Å². The molecular weight excluding hydrogens is 448 g/mol. The molecule has 2 heterocycles. The van der Waals surface area contributed by atoms with E-state index in [-0.39, 0.29) is 5.91 Å². The first-order valence-corrected chi connectivity index (χ1v) is 11.3. The smallest absolute Gasteiger partial charge is 0.256 e. The summed E-state index contributed by atoms with van der Waals surface area (Å²) in [6, 6.07) is 26.3. The Hall–Kier alpha value is -5.22. The van der Waals surface area contributed by atoms with Gasteiger partial charge in [-0.3, -0.25) is 14.8 Å². The molecule has 0 spiro atoms. The molecule has 0 aliphatic carbocycles. The highest BCUT2D eigenvalue weighted by molar-refractivity contribution is 6.06. The molecular formula is C29H22N6O. The number of nitriles is 1. The molecule has 0 radical (unpaired) electrons. The van der Waals surface area contributed by atoms with E-state index >= 15 is 0 Å². The van der Waals surface area contributed by atoms with Crippen LogP contribution in [0.15, 0.2) is 97.5 Å². The van der Waals surface area contributed by atoms with Gasteiger partial charge in [0.05, 0.1) is 17.1 Å². The molecule has 0 saturated carbocycles. The monoisotopic (exact) mass is 470 g/mol. The Kier molecular flexibility index (Phi) is 6.24. The van der Waals surface area contributed by atoms with Crippen molar-refractivity contribution < 1.29 is 4.79 Å². The quantitative estimate of drug-likeness (QED) is 0.260. The molecule has 7 heteroatoms. The third-order valence-electron chi connectivity index (χ3n) is 5.74. The van der Waals surface area contributed by atoms with E-state index in [0.29, 0.717) is 16.8 Å². The van der Waals surface area contributed by atoms with Crippen molar-refractivity contribution in [2.45, 2.75) is 6.92 Å². The second-order valence-corrected chi connectivity index (χ2v) is 8.25. The summed E-state index contributed by atoms with van der Waals surface area (Å²) >= 11 is 0. The van der Waals surface area contributed by atoms with Gasteiger partial charge in [0.15, 0.2) is 0 Å². The third kappa shape index (κ3) is 4.98. The van der Waals surface area contributed by atoms with E-state index in [0.717, 1.165) is 39.2 Å². The molecule has 0 fully saturated rings. The minimum Gasteiger partial charge on any atom is -0.355 e. The Balaban J connectivity index is 1.33. The summed E-state index contributed by atoms with van der Waals surface area (Å²) in [6.45, 7) is 1.90. The molecule has 0 atom stereocenters. The first-order chi connectivity index (χ1) is 17.6. The van der Waals surface area contributed by atoms with Crippen LogP contribution in [-0.2, 0) is 0 Å². The molecule has 2 aromatic heterocycles. The van der Waals surface area contributed by atoms with Gasteiger partial charge in [0.1, 0.15) is 0 Å². The number of nitrogens with one attached hydrogen (secondary N) is 3. The van der Waals surface area contributed by atoms with Crippen molar-refractivity contribution in [1.82, 2.24) is 9.97 Å². The van der Waals surface area contributed by atoms with Gasteiger partial charge in [-0.2, -0.15) is 5.26 Å². The van der Waals surface area contributed by atoms with Crippen molar-refractivity contribution in [3.05, 3.63) is 114 Å². The van der Waals surface area contributed by atoms with Crippen molar-refractivity contribution in [1.29, 1.82) is 5.26 Å². The van der Waals surface area contributed by atoms with E-state index in [1.54, 1.807) is 30.7 Å². The zero-order valence-corrected chi connectivity index (χ0v) is 19.5. The summed E-state index contributed by atoms with van der Waals surface area (Å²) in [4.78, 5) is 21.5. The summed E-state index contributed by atoms with van der Waals surface area (Å²) in [5.41, 5.74) is 6.88. The van der Waals surface area contributed by atoms with E-state index in [2.05, 4.69) is 32.0 Å². The number of fused-ring (bicyclic) bond motifs is 1. The maximum Gasteiger partial charge on any atom is 0.256 e. The van der Waals surface area contributed by atoms with Crippen molar-refractivity contribution in [3.63, 3.8) is 0 Å². The minimum absolute atomic E-state index is 0.197. The summed E-state index contributed by atoms with van der Waals surface area (Å²) in [7, 11) is 0. The lowest BCUT2D eigenvalue weighted by molar-refractivity contribution is 0.102. The third-order valence-corrected chi connectivity index (χ3v) is 5.74. The Labute approximate surface area is 208 Å². The molecule has 5 rings (SSSR count). The van der Waals surface area contributed by atoms with Crippen molar-refractivity contribution in [2.75, 3.05) is 16.0 Å². The van der Waals surface area contributed by atoms with Gasteiger partial charge in [-0.15, -0.1) is 0 Å². The molecule has 7 nitrogen and oxygen atoms in total. The summed E-state index contributed by atoms with van der Waals surface area (Å²) < 4.78 is 0. The lowest BCUT2D eigenvalue weighted by Crippen LogP contribution is -2.13. The van der Waals surface area contributed by atoms with Gasteiger partial charge >= 0.3 is 0 Å². The van der Waals surface area contributed by atoms with Crippen LogP contribution in [-0.4, -0.2) is 15.9 Å². The Morgan fingerprint density at radius 2 is 1.50 bits per heavy atom. The Bertz CT molecular complexity index is 1590. The lowest BCUT2D eigenvalue weighted by Gasteiger charge is -2.13. The van der Waals surface area contributed by atoms with Crippen LogP contribution in [0.3, 0.4) is 0 Å². The SMILES string of the molecule is Cc1ccc(Nc2ccnc3ccc(C#N)cc23)cc1C(=O)Nc1ccc(Nc2ccncc2)cc1. The first-order valence-electron chi connectivity index (χ1n) is 11.3. The largest absolute Gasteiger partial charge is 0.355 e. The molecule has 1 amide bonds. The van der Waals surface area contributed by atoms with E-state index < -0.39 is 0 Å². The predicted octanol–water partition coefficient (Wildman–Crippen LogP) is 6.55. The highest BCUT2D eigenvalue weighted by atomic mass is 16.1. The molecule has 3 N–H and O–H groups in total. The highest BCUT2D eigenvalue weighted by Gasteiger charge is 2.12.